The molecule has 0 unspecified atom stereocenters. The molecule has 2 aliphatic carbocycles. The van der Waals surface area contributed by atoms with Gasteiger partial charge in [-0.3, -0.25) is 4.79 Å². The Hall–Kier alpha value is -0.420. The van der Waals surface area contributed by atoms with Gasteiger partial charge in [-0.25, -0.2) is 13.6 Å². The molecule has 0 aromatic carbocycles. The molecule has 0 aromatic rings. The summed E-state index contributed by atoms with van der Waals surface area (Å²) in [5.74, 6) is 0.387. The first-order valence-corrected chi connectivity index (χ1v) is 7.86. The van der Waals surface area contributed by atoms with E-state index >= 15 is 0 Å². The lowest BCUT2D eigenvalue weighted by Crippen LogP contribution is -2.34. The van der Waals surface area contributed by atoms with Gasteiger partial charge >= 0.3 is 0 Å². The molecule has 2 rings (SSSR count). The molecule has 4 nitrogen and oxygen atoms in total. The van der Waals surface area contributed by atoms with Crippen LogP contribution >= 0.6 is 0 Å². The molecule has 0 radical (unpaired) electrons. The van der Waals surface area contributed by atoms with Crippen LogP contribution in [0.4, 0.5) is 0 Å². The number of primary sulfonamides is 1. The third-order valence-electron chi connectivity index (χ3n) is 5.38. The highest BCUT2D eigenvalue weighted by atomic mass is 32.2. The number of carbonyl (C=O) groups is 1. The van der Waals surface area contributed by atoms with Crippen molar-refractivity contribution in [3.63, 3.8) is 0 Å². The second-order valence-electron chi connectivity index (χ2n) is 6.33. The van der Waals surface area contributed by atoms with Crippen LogP contribution in [0.15, 0.2) is 0 Å². The average molecular weight is 259 g/mol. The third-order valence-corrected chi connectivity index (χ3v) is 6.19. The monoisotopic (exact) mass is 259 g/mol. The second kappa shape index (κ2) is 3.54. The zero-order chi connectivity index (χ0) is 13.1. The molecular formula is C12H21NO3S. The molecule has 0 spiro atoms. The topological polar surface area (TPSA) is 77.2 Å². The highest BCUT2D eigenvalue weighted by Crippen LogP contribution is 2.66. The van der Waals surface area contributed by atoms with E-state index in [9.17, 15) is 13.2 Å². The number of carbonyl (C=O) groups excluding carboxylic acids is 1. The maximum Gasteiger partial charge on any atom is 0.209 e. The van der Waals surface area contributed by atoms with Crippen LogP contribution in [0, 0.1) is 22.7 Å². The van der Waals surface area contributed by atoms with E-state index in [0.29, 0.717) is 12.3 Å². The lowest BCUT2D eigenvalue weighted by molar-refractivity contribution is -0.131. The maximum absolute atomic E-state index is 12.4. The standard InChI is InChI=1S/C12H21NO3S/c1-11(2)9-4-6-12(11,3)10(14)8(9)5-7-17(13,15)16/h8-9H,4-7H2,1-3H3,(H2,13,15,16)/t8-,9+,12-/m0/s1. The van der Waals surface area contributed by atoms with E-state index < -0.39 is 10.0 Å². The largest absolute Gasteiger partial charge is 0.299 e. The van der Waals surface area contributed by atoms with Crippen molar-refractivity contribution in [2.24, 2.45) is 27.8 Å². The summed E-state index contributed by atoms with van der Waals surface area (Å²) in [6, 6.07) is 0. The minimum Gasteiger partial charge on any atom is -0.299 e. The Morgan fingerprint density at radius 1 is 1.35 bits per heavy atom. The Morgan fingerprint density at radius 3 is 2.35 bits per heavy atom. The molecule has 3 atom stereocenters. The molecule has 0 aliphatic heterocycles. The lowest BCUT2D eigenvalue weighted by atomic mass is 9.70. The van der Waals surface area contributed by atoms with Gasteiger partial charge < -0.3 is 0 Å². The number of rotatable bonds is 3. The number of fused-ring (bicyclic) bond motifs is 2. The average Bonchev–Trinajstić information content (AvgIpc) is 2.46. The molecule has 2 saturated carbocycles. The van der Waals surface area contributed by atoms with Gasteiger partial charge in [0, 0.05) is 11.3 Å². The summed E-state index contributed by atoms with van der Waals surface area (Å²) in [6.45, 7) is 6.31. The number of Topliss-reactive ketones (excluding diaryl/α,β-unsaturated/α-hetero) is 1. The van der Waals surface area contributed by atoms with Crippen LogP contribution in [-0.4, -0.2) is 20.0 Å². The summed E-state index contributed by atoms with van der Waals surface area (Å²) in [6.07, 6.45) is 2.36. The van der Waals surface area contributed by atoms with Gasteiger partial charge in [0.25, 0.3) is 0 Å². The van der Waals surface area contributed by atoms with Crippen molar-refractivity contribution in [1.82, 2.24) is 0 Å². The molecule has 0 aromatic heterocycles. The molecule has 2 bridgehead atoms. The first-order chi connectivity index (χ1) is 7.59. The molecule has 2 N–H and O–H groups in total. The van der Waals surface area contributed by atoms with Gasteiger partial charge in [0.05, 0.1) is 5.75 Å². The Labute approximate surface area is 103 Å². The van der Waals surface area contributed by atoms with Crippen molar-refractivity contribution >= 4 is 15.8 Å². The predicted octanol–water partition coefficient (Wildman–Crippen LogP) is 1.31. The van der Waals surface area contributed by atoms with Crippen LogP contribution in [0.2, 0.25) is 0 Å². The Kier molecular flexibility index (Phi) is 2.71. The van der Waals surface area contributed by atoms with E-state index in [1.807, 2.05) is 6.92 Å². The fourth-order valence-electron chi connectivity index (χ4n) is 3.90. The second-order valence-corrected chi connectivity index (χ2v) is 8.06. The molecular weight excluding hydrogens is 238 g/mol. The molecule has 5 heteroatoms. The Balaban J connectivity index is 2.21. The summed E-state index contributed by atoms with van der Waals surface area (Å²) in [7, 11) is -3.46. The van der Waals surface area contributed by atoms with Gasteiger partial charge in [0.1, 0.15) is 5.78 Å². The van der Waals surface area contributed by atoms with Crippen LogP contribution in [0.25, 0.3) is 0 Å². The number of hydrogen-bond acceptors (Lipinski definition) is 3. The summed E-state index contributed by atoms with van der Waals surface area (Å²) in [5, 5.41) is 5.02. The first kappa shape index (κ1) is 13.0. The summed E-state index contributed by atoms with van der Waals surface area (Å²) in [5.41, 5.74) is -0.270. The van der Waals surface area contributed by atoms with Crippen LogP contribution in [-0.2, 0) is 14.8 Å². The van der Waals surface area contributed by atoms with Gasteiger partial charge in [-0.1, -0.05) is 20.8 Å². The number of sulfonamides is 1. The van der Waals surface area contributed by atoms with E-state index in [1.54, 1.807) is 0 Å². The van der Waals surface area contributed by atoms with Gasteiger partial charge in [-0.05, 0) is 30.6 Å². The molecule has 0 heterocycles. The smallest absolute Gasteiger partial charge is 0.209 e. The van der Waals surface area contributed by atoms with Crippen molar-refractivity contribution in [2.75, 3.05) is 5.75 Å². The SMILES string of the molecule is CC1(C)[C@@H]2CC[C@@]1(C)C(=O)[C@H]2CCS(N)(=O)=O. The van der Waals surface area contributed by atoms with Crippen molar-refractivity contribution in [3.8, 4) is 0 Å². The predicted molar refractivity (Wildman–Crippen MR) is 65.7 cm³/mol. The van der Waals surface area contributed by atoms with E-state index in [4.69, 9.17) is 5.14 Å². The summed E-state index contributed by atoms with van der Waals surface area (Å²) >= 11 is 0. The Morgan fingerprint density at radius 2 is 1.94 bits per heavy atom. The zero-order valence-electron chi connectivity index (χ0n) is 10.7. The fourth-order valence-corrected chi connectivity index (χ4v) is 4.48. The lowest BCUT2D eigenvalue weighted by Gasteiger charge is -2.32. The molecule has 0 amide bonds. The van der Waals surface area contributed by atoms with Crippen LogP contribution in [0.1, 0.15) is 40.0 Å². The van der Waals surface area contributed by atoms with Crippen molar-refractivity contribution in [2.45, 2.75) is 40.0 Å². The molecule has 98 valence electrons. The van der Waals surface area contributed by atoms with Crippen LogP contribution < -0.4 is 5.14 Å². The van der Waals surface area contributed by atoms with Gasteiger partial charge in [0.2, 0.25) is 10.0 Å². The van der Waals surface area contributed by atoms with Crippen molar-refractivity contribution in [3.05, 3.63) is 0 Å². The van der Waals surface area contributed by atoms with E-state index in [1.165, 1.54) is 0 Å². The van der Waals surface area contributed by atoms with Gasteiger partial charge in [0.15, 0.2) is 0 Å². The maximum atomic E-state index is 12.4. The van der Waals surface area contributed by atoms with E-state index in [0.717, 1.165) is 12.8 Å². The highest BCUT2D eigenvalue weighted by molar-refractivity contribution is 7.89. The van der Waals surface area contributed by atoms with E-state index in [2.05, 4.69) is 13.8 Å². The van der Waals surface area contributed by atoms with Gasteiger partial charge in [-0.15, -0.1) is 0 Å². The van der Waals surface area contributed by atoms with Crippen molar-refractivity contribution in [1.29, 1.82) is 0 Å². The minimum absolute atomic E-state index is 0.00683. The minimum atomic E-state index is -3.46. The van der Waals surface area contributed by atoms with Crippen LogP contribution in [0.3, 0.4) is 0 Å². The molecule has 0 saturated heterocycles. The van der Waals surface area contributed by atoms with Crippen molar-refractivity contribution < 1.29 is 13.2 Å². The van der Waals surface area contributed by atoms with E-state index in [-0.39, 0.29) is 28.3 Å². The summed E-state index contributed by atoms with van der Waals surface area (Å²) < 4.78 is 22.0. The number of nitrogens with two attached hydrogens (primary N) is 1. The van der Waals surface area contributed by atoms with Crippen LogP contribution in [0.5, 0.6) is 0 Å². The summed E-state index contributed by atoms with van der Waals surface area (Å²) in [4.78, 5) is 12.4. The molecule has 2 fully saturated rings. The molecule has 17 heavy (non-hydrogen) atoms. The number of hydrogen-bond donors (Lipinski definition) is 1. The molecule has 2 aliphatic rings. The zero-order valence-corrected chi connectivity index (χ0v) is 11.5. The number of ketones is 1. The first-order valence-electron chi connectivity index (χ1n) is 6.14. The normalized spacial score (nSPS) is 39.9. The quantitative estimate of drug-likeness (QED) is 0.830. The Bertz CT molecular complexity index is 454. The third kappa shape index (κ3) is 1.74. The van der Waals surface area contributed by atoms with Gasteiger partial charge in [-0.2, -0.15) is 0 Å². The fraction of sp³-hybridized carbons (Fsp3) is 0.917. The highest BCUT2D eigenvalue weighted by Gasteiger charge is 2.65.